The summed E-state index contributed by atoms with van der Waals surface area (Å²) in [4.78, 5) is 22.9. The zero-order valence-electron chi connectivity index (χ0n) is 19.3. The standard InChI is InChI=1S/C22H23F3N4O6S/c1-10-4-7-15(23)18(11(10)2)12(3)19(21-27-28-22(31)35-21)29-36(32,33)16-8-13(34-9-17(24)25)5-6-14(16)20(26)30/h4-8,12,17,19,29H,9H2,1-3H3,(H2,26,30)(H,28,31)/t12-,19+/m1/s1. The Bertz CT molecular complexity index is 1440. The van der Waals surface area contributed by atoms with E-state index in [-0.39, 0.29) is 11.3 Å². The third-order valence-electron chi connectivity index (χ3n) is 5.57. The van der Waals surface area contributed by atoms with Crippen LogP contribution in [0.1, 0.15) is 51.8 Å². The van der Waals surface area contributed by atoms with Crippen molar-refractivity contribution in [3.8, 4) is 5.75 Å². The van der Waals surface area contributed by atoms with Crippen LogP contribution < -0.4 is 20.9 Å². The molecule has 0 bridgehead atoms. The molecule has 1 amide bonds. The summed E-state index contributed by atoms with van der Waals surface area (Å²) in [5.41, 5.74) is 6.25. The van der Waals surface area contributed by atoms with Crippen LogP contribution in [-0.4, -0.2) is 37.6 Å². The third-order valence-corrected chi connectivity index (χ3v) is 7.06. The van der Waals surface area contributed by atoms with E-state index in [4.69, 9.17) is 14.9 Å². The highest BCUT2D eigenvalue weighted by molar-refractivity contribution is 7.89. The summed E-state index contributed by atoms with van der Waals surface area (Å²) < 4.78 is 79.0. The maximum absolute atomic E-state index is 14.9. The number of alkyl halides is 2. The van der Waals surface area contributed by atoms with Gasteiger partial charge in [0.2, 0.25) is 21.8 Å². The number of amides is 1. The monoisotopic (exact) mass is 528 g/mol. The molecule has 2 atom stereocenters. The summed E-state index contributed by atoms with van der Waals surface area (Å²) in [6.45, 7) is 3.85. The number of sulfonamides is 1. The van der Waals surface area contributed by atoms with Crippen molar-refractivity contribution in [1.29, 1.82) is 0 Å². The second-order valence-electron chi connectivity index (χ2n) is 7.97. The van der Waals surface area contributed by atoms with Gasteiger partial charge in [-0.1, -0.05) is 13.0 Å². The Labute approximate surface area is 203 Å². The number of nitrogens with one attached hydrogen (secondary N) is 2. The lowest BCUT2D eigenvalue weighted by atomic mass is 9.88. The van der Waals surface area contributed by atoms with E-state index >= 15 is 0 Å². The van der Waals surface area contributed by atoms with Crippen LogP contribution in [0.4, 0.5) is 13.2 Å². The van der Waals surface area contributed by atoms with Crippen molar-refractivity contribution in [2.24, 2.45) is 5.73 Å². The summed E-state index contributed by atoms with van der Waals surface area (Å²) in [7, 11) is -4.68. The van der Waals surface area contributed by atoms with Gasteiger partial charge in [0.1, 0.15) is 24.2 Å². The number of halogens is 3. The highest BCUT2D eigenvalue weighted by Crippen LogP contribution is 2.36. The molecule has 2 aromatic carbocycles. The molecule has 0 spiro atoms. The molecule has 1 heterocycles. The fraction of sp³-hybridized carbons (Fsp3) is 0.318. The van der Waals surface area contributed by atoms with Gasteiger partial charge in [-0.15, -0.1) is 5.10 Å². The molecule has 36 heavy (non-hydrogen) atoms. The molecule has 0 radical (unpaired) electrons. The van der Waals surface area contributed by atoms with Gasteiger partial charge in [-0.25, -0.2) is 31.5 Å². The van der Waals surface area contributed by atoms with Gasteiger partial charge in [-0.05, 0) is 48.7 Å². The van der Waals surface area contributed by atoms with Crippen molar-refractivity contribution in [1.82, 2.24) is 14.9 Å². The van der Waals surface area contributed by atoms with Gasteiger partial charge >= 0.3 is 5.76 Å². The maximum Gasteiger partial charge on any atom is 0.434 e. The largest absolute Gasteiger partial charge is 0.488 e. The molecule has 0 aliphatic rings. The van der Waals surface area contributed by atoms with Crippen molar-refractivity contribution >= 4 is 15.9 Å². The van der Waals surface area contributed by atoms with Gasteiger partial charge < -0.3 is 14.9 Å². The minimum absolute atomic E-state index is 0.137. The number of nitrogens with two attached hydrogens (primary N) is 1. The first-order valence-corrected chi connectivity index (χ1v) is 12.0. The number of benzene rings is 2. The zero-order valence-corrected chi connectivity index (χ0v) is 20.2. The Morgan fingerprint density at radius 1 is 1.25 bits per heavy atom. The van der Waals surface area contributed by atoms with Crippen LogP contribution in [0.25, 0.3) is 0 Å². The first kappa shape index (κ1) is 26.9. The zero-order chi connectivity index (χ0) is 26.8. The Morgan fingerprint density at radius 2 is 1.94 bits per heavy atom. The molecule has 4 N–H and O–H groups in total. The SMILES string of the molecule is Cc1ccc(F)c([C@@H](C)[C@H](NS(=O)(=O)c2cc(OCC(F)F)ccc2C(N)=O)c2n[nH]c(=O)o2)c1C. The molecular formula is C22H23F3N4O6S. The minimum Gasteiger partial charge on any atom is -0.488 e. The number of rotatable bonds is 10. The number of ether oxygens (including phenoxy) is 1. The van der Waals surface area contributed by atoms with Gasteiger partial charge in [-0.2, -0.15) is 4.72 Å². The van der Waals surface area contributed by atoms with Crippen LogP contribution in [0.15, 0.2) is 44.4 Å². The average Bonchev–Trinajstić information content (AvgIpc) is 3.24. The normalized spacial score (nSPS) is 13.5. The number of carbonyl (C=O) groups is 1. The third kappa shape index (κ3) is 5.76. The fourth-order valence-electron chi connectivity index (χ4n) is 3.68. The highest BCUT2D eigenvalue weighted by atomic mass is 32.2. The molecule has 194 valence electrons. The number of aromatic amines is 1. The predicted molar refractivity (Wildman–Crippen MR) is 121 cm³/mol. The number of nitrogens with zero attached hydrogens (tertiary/aromatic N) is 1. The maximum atomic E-state index is 14.9. The molecule has 0 aliphatic heterocycles. The fourth-order valence-corrected chi connectivity index (χ4v) is 5.17. The summed E-state index contributed by atoms with van der Waals surface area (Å²) in [5, 5.41) is 5.71. The van der Waals surface area contributed by atoms with Crippen molar-refractivity contribution in [2.75, 3.05) is 6.61 Å². The first-order chi connectivity index (χ1) is 16.8. The van der Waals surface area contributed by atoms with E-state index < -0.39 is 68.8 Å². The molecule has 0 saturated heterocycles. The van der Waals surface area contributed by atoms with E-state index in [0.717, 1.165) is 23.8 Å². The molecule has 0 unspecified atom stereocenters. The van der Waals surface area contributed by atoms with Crippen LogP contribution >= 0.6 is 0 Å². The Kier molecular flexibility index (Phi) is 7.89. The molecule has 0 fully saturated rings. The molecule has 3 aromatic rings. The molecule has 10 nitrogen and oxygen atoms in total. The molecule has 14 heteroatoms. The second kappa shape index (κ2) is 10.5. The van der Waals surface area contributed by atoms with Crippen molar-refractivity contribution in [3.63, 3.8) is 0 Å². The second-order valence-corrected chi connectivity index (χ2v) is 9.65. The lowest BCUT2D eigenvalue weighted by molar-refractivity contribution is 0.0817. The highest BCUT2D eigenvalue weighted by Gasteiger charge is 2.35. The predicted octanol–water partition coefficient (Wildman–Crippen LogP) is 2.68. The Balaban J connectivity index is 2.12. The van der Waals surface area contributed by atoms with Gasteiger partial charge in [0, 0.05) is 12.0 Å². The quantitative estimate of drug-likeness (QED) is 0.365. The number of carbonyl (C=O) groups excluding carboxylic acids is 1. The summed E-state index contributed by atoms with van der Waals surface area (Å²) >= 11 is 0. The van der Waals surface area contributed by atoms with E-state index in [0.29, 0.717) is 5.56 Å². The smallest absolute Gasteiger partial charge is 0.434 e. The van der Waals surface area contributed by atoms with Gasteiger partial charge in [0.15, 0.2) is 0 Å². The number of aryl methyl sites for hydroxylation is 1. The first-order valence-electron chi connectivity index (χ1n) is 10.5. The van der Waals surface area contributed by atoms with Gasteiger partial charge in [0.05, 0.1) is 10.5 Å². The van der Waals surface area contributed by atoms with E-state index in [1.54, 1.807) is 19.9 Å². The van der Waals surface area contributed by atoms with E-state index in [2.05, 4.69) is 9.82 Å². The van der Waals surface area contributed by atoms with Gasteiger partial charge in [0.25, 0.3) is 6.43 Å². The number of aromatic nitrogens is 2. The van der Waals surface area contributed by atoms with Gasteiger partial charge in [-0.3, -0.25) is 4.79 Å². The molecule has 3 rings (SSSR count). The number of primary amides is 1. The van der Waals surface area contributed by atoms with Crippen LogP contribution in [0, 0.1) is 19.7 Å². The number of H-pyrrole nitrogens is 1. The lowest BCUT2D eigenvalue weighted by Gasteiger charge is -2.25. The van der Waals surface area contributed by atoms with Crippen LogP contribution in [0.3, 0.4) is 0 Å². The van der Waals surface area contributed by atoms with Crippen molar-refractivity contribution in [3.05, 3.63) is 74.8 Å². The molecular weight excluding hydrogens is 505 g/mol. The van der Waals surface area contributed by atoms with Crippen molar-refractivity contribution < 1.29 is 35.5 Å². The van der Waals surface area contributed by atoms with Crippen molar-refractivity contribution in [2.45, 2.75) is 44.1 Å². The van der Waals surface area contributed by atoms with Crippen LogP contribution in [0.2, 0.25) is 0 Å². The number of hydrogen-bond donors (Lipinski definition) is 3. The Morgan fingerprint density at radius 3 is 2.53 bits per heavy atom. The van der Waals surface area contributed by atoms with E-state index in [1.807, 2.05) is 5.10 Å². The number of hydrogen-bond acceptors (Lipinski definition) is 7. The summed E-state index contributed by atoms with van der Waals surface area (Å²) in [5.74, 6) is -4.37. The van der Waals surface area contributed by atoms with Crippen LogP contribution in [0.5, 0.6) is 5.75 Å². The van der Waals surface area contributed by atoms with Crippen LogP contribution in [-0.2, 0) is 10.0 Å². The minimum atomic E-state index is -4.68. The summed E-state index contributed by atoms with van der Waals surface area (Å²) in [6.07, 6.45) is -2.83. The molecule has 0 saturated carbocycles. The molecule has 1 aromatic heterocycles. The van der Waals surface area contributed by atoms with E-state index in [9.17, 15) is 31.2 Å². The topological polar surface area (TPSA) is 157 Å². The van der Waals surface area contributed by atoms with E-state index in [1.165, 1.54) is 13.0 Å². The summed E-state index contributed by atoms with van der Waals surface area (Å²) in [6, 6.07) is 4.31. The Hall–Kier alpha value is -3.65. The molecule has 0 aliphatic carbocycles. The average molecular weight is 529 g/mol. The lowest BCUT2D eigenvalue weighted by Crippen LogP contribution is -2.34.